The molecule has 0 atom stereocenters. The van der Waals surface area contributed by atoms with Gasteiger partial charge in [0.25, 0.3) is 17.7 Å². The third-order valence-electron chi connectivity index (χ3n) is 6.43. The van der Waals surface area contributed by atoms with Crippen LogP contribution in [0, 0.1) is 0 Å². The summed E-state index contributed by atoms with van der Waals surface area (Å²) in [5, 5.41) is 11.3. The van der Waals surface area contributed by atoms with E-state index >= 15 is 0 Å². The third-order valence-corrected chi connectivity index (χ3v) is 8.34. The maximum Gasteiger partial charge on any atom is 0.266 e. The Bertz CT molecular complexity index is 1510. The first kappa shape index (κ1) is 24.3. The average molecular weight is 519 g/mol. The van der Waals surface area contributed by atoms with Crippen molar-refractivity contribution in [1.29, 1.82) is 0 Å². The van der Waals surface area contributed by atoms with E-state index in [9.17, 15) is 32.7 Å². The summed E-state index contributed by atoms with van der Waals surface area (Å²) in [5.74, 6) is -2.92. The van der Waals surface area contributed by atoms with Crippen LogP contribution in [0.25, 0.3) is 0 Å². The van der Waals surface area contributed by atoms with E-state index in [1.165, 1.54) is 51.7 Å². The number of amides is 3. The van der Waals surface area contributed by atoms with E-state index in [4.69, 9.17) is 0 Å². The molecule has 0 unspecified atom stereocenters. The molecule has 0 N–H and O–H groups in total. The number of anilines is 1. The smallest absolute Gasteiger partial charge is 0.266 e. The normalized spacial score (nSPS) is 16.1. The van der Waals surface area contributed by atoms with Crippen molar-refractivity contribution < 1.29 is 32.7 Å². The van der Waals surface area contributed by atoms with Crippen LogP contribution in [-0.4, -0.2) is 67.5 Å². The van der Waals surface area contributed by atoms with Gasteiger partial charge in [-0.25, -0.2) is 13.3 Å². The molecule has 1 saturated heterocycles. The van der Waals surface area contributed by atoms with Crippen LogP contribution < -0.4 is 10.0 Å². The molecule has 37 heavy (non-hydrogen) atoms. The van der Waals surface area contributed by atoms with Gasteiger partial charge in [0.1, 0.15) is 0 Å². The lowest BCUT2D eigenvalue weighted by atomic mass is 10.1. The summed E-state index contributed by atoms with van der Waals surface area (Å²) in [4.78, 5) is 52.0. The monoisotopic (exact) mass is 518 g/mol. The predicted octanol–water partition coefficient (Wildman–Crippen LogP) is 0.997. The Morgan fingerprint density at radius 2 is 1.22 bits per heavy atom. The van der Waals surface area contributed by atoms with Gasteiger partial charge in [0.2, 0.25) is 10.0 Å². The van der Waals surface area contributed by atoms with Gasteiger partial charge in [-0.3, -0.25) is 14.4 Å². The number of sulfonamides is 1. The van der Waals surface area contributed by atoms with E-state index in [1.54, 1.807) is 30.3 Å². The SMILES string of the molecule is O=C([O-])c1ccccc1C(=O)N1CCN(S(=O)(=O)c2ccc(N3C(=O)c4ccccc4C3=O)cc2)CC1. The standard InChI is InChI=1S/C26H21N3O7S/c30-23(21-7-3-4-8-22(21)26(33)34)27-13-15-28(16-14-27)37(35,36)18-11-9-17(10-12-18)29-24(31)19-5-1-2-6-20(19)25(29)32/h1-12H,13-16H2,(H,33,34)/p-1. The van der Waals surface area contributed by atoms with Gasteiger partial charge < -0.3 is 14.8 Å². The number of imide groups is 1. The number of carboxylic acids is 1. The fraction of sp³-hybridized carbons (Fsp3) is 0.154. The molecular formula is C26H20N3O7S-. The van der Waals surface area contributed by atoms with Gasteiger partial charge in [0.15, 0.2) is 0 Å². The van der Waals surface area contributed by atoms with Gasteiger partial charge in [-0.15, -0.1) is 0 Å². The summed E-state index contributed by atoms with van der Waals surface area (Å²) in [6, 6.07) is 17.7. The molecule has 0 saturated carbocycles. The number of fused-ring (bicyclic) bond motifs is 1. The molecule has 1 fully saturated rings. The van der Waals surface area contributed by atoms with Crippen molar-refractivity contribution in [3.63, 3.8) is 0 Å². The highest BCUT2D eigenvalue weighted by Gasteiger charge is 2.37. The lowest BCUT2D eigenvalue weighted by Gasteiger charge is -2.34. The van der Waals surface area contributed by atoms with E-state index in [-0.39, 0.29) is 47.9 Å². The van der Waals surface area contributed by atoms with Gasteiger partial charge in [-0.05, 0) is 42.5 Å². The fourth-order valence-electron chi connectivity index (χ4n) is 4.49. The highest BCUT2D eigenvalue weighted by atomic mass is 32.2. The third kappa shape index (κ3) is 4.17. The first-order valence-corrected chi connectivity index (χ1v) is 12.8. The molecule has 10 nitrogen and oxygen atoms in total. The zero-order chi connectivity index (χ0) is 26.3. The maximum absolute atomic E-state index is 13.2. The summed E-state index contributed by atoms with van der Waals surface area (Å²) in [7, 11) is -3.92. The number of aromatic carboxylic acids is 1. The summed E-state index contributed by atoms with van der Waals surface area (Å²) in [5.41, 5.74) is 0.605. The Morgan fingerprint density at radius 1 is 0.703 bits per heavy atom. The lowest BCUT2D eigenvalue weighted by molar-refractivity contribution is -0.255. The summed E-state index contributed by atoms with van der Waals surface area (Å²) in [6.07, 6.45) is 0. The Hall–Kier alpha value is -4.35. The quantitative estimate of drug-likeness (QED) is 0.460. The summed E-state index contributed by atoms with van der Waals surface area (Å²) < 4.78 is 27.6. The van der Waals surface area contributed by atoms with Crippen molar-refractivity contribution >= 4 is 39.4 Å². The second-order valence-electron chi connectivity index (χ2n) is 8.51. The highest BCUT2D eigenvalue weighted by molar-refractivity contribution is 7.89. The van der Waals surface area contributed by atoms with E-state index in [0.29, 0.717) is 11.1 Å². The van der Waals surface area contributed by atoms with Crippen molar-refractivity contribution in [2.45, 2.75) is 4.90 Å². The zero-order valence-corrected chi connectivity index (χ0v) is 20.2. The van der Waals surface area contributed by atoms with Crippen molar-refractivity contribution in [3.8, 4) is 0 Å². The zero-order valence-electron chi connectivity index (χ0n) is 19.4. The fourth-order valence-corrected chi connectivity index (χ4v) is 5.91. The van der Waals surface area contributed by atoms with Gasteiger partial charge in [-0.1, -0.05) is 30.3 Å². The number of hydrogen-bond acceptors (Lipinski definition) is 7. The molecule has 188 valence electrons. The number of carbonyl (C=O) groups excluding carboxylic acids is 4. The molecule has 0 aliphatic carbocycles. The first-order valence-electron chi connectivity index (χ1n) is 11.4. The van der Waals surface area contributed by atoms with Gasteiger partial charge >= 0.3 is 0 Å². The van der Waals surface area contributed by atoms with Crippen molar-refractivity contribution in [2.75, 3.05) is 31.1 Å². The molecule has 11 heteroatoms. The van der Waals surface area contributed by atoms with Gasteiger partial charge in [0, 0.05) is 37.3 Å². The van der Waals surface area contributed by atoms with Crippen molar-refractivity contribution in [3.05, 3.63) is 95.1 Å². The van der Waals surface area contributed by atoms with E-state index in [0.717, 1.165) is 4.90 Å². The van der Waals surface area contributed by atoms with Crippen molar-refractivity contribution in [2.24, 2.45) is 0 Å². The Morgan fingerprint density at radius 3 is 1.76 bits per heavy atom. The van der Waals surface area contributed by atoms with Gasteiger partial charge in [0.05, 0.1) is 27.7 Å². The van der Waals surface area contributed by atoms with Crippen LogP contribution in [0.3, 0.4) is 0 Å². The molecule has 0 bridgehead atoms. The number of nitrogens with zero attached hydrogens (tertiary/aromatic N) is 3. The molecule has 3 aromatic rings. The average Bonchev–Trinajstić information content (AvgIpc) is 3.18. The first-order chi connectivity index (χ1) is 17.7. The van der Waals surface area contributed by atoms with Crippen LogP contribution in [0.1, 0.15) is 41.4 Å². The van der Waals surface area contributed by atoms with E-state index in [1.807, 2.05) is 0 Å². The number of hydrogen-bond donors (Lipinski definition) is 0. The summed E-state index contributed by atoms with van der Waals surface area (Å²) in [6.45, 7) is 0.183. The topological polar surface area (TPSA) is 135 Å². The molecule has 5 rings (SSSR count). The molecular weight excluding hydrogens is 498 g/mol. The Labute approximate surface area is 212 Å². The second-order valence-corrected chi connectivity index (χ2v) is 10.5. The molecule has 2 aliphatic heterocycles. The number of carboxylic acid groups (broad SMARTS) is 1. The minimum atomic E-state index is -3.92. The van der Waals surface area contributed by atoms with Crippen LogP contribution in [0.4, 0.5) is 5.69 Å². The van der Waals surface area contributed by atoms with Crippen LogP contribution in [0.2, 0.25) is 0 Å². The molecule has 0 spiro atoms. The van der Waals surface area contributed by atoms with Gasteiger partial charge in [-0.2, -0.15) is 4.31 Å². The Kier molecular flexibility index (Phi) is 6.10. The molecule has 0 aromatic heterocycles. The minimum Gasteiger partial charge on any atom is -0.545 e. The van der Waals surface area contributed by atoms with Crippen molar-refractivity contribution in [1.82, 2.24) is 9.21 Å². The molecule has 3 amide bonds. The van der Waals surface area contributed by atoms with Crippen LogP contribution in [0.5, 0.6) is 0 Å². The molecule has 2 aliphatic rings. The van der Waals surface area contributed by atoms with E-state index in [2.05, 4.69) is 0 Å². The largest absolute Gasteiger partial charge is 0.545 e. The van der Waals surface area contributed by atoms with E-state index < -0.39 is 33.7 Å². The summed E-state index contributed by atoms with van der Waals surface area (Å²) >= 11 is 0. The van der Waals surface area contributed by atoms with Crippen LogP contribution >= 0.6 is 0 Å². The highest BCUT2D eigenvalue weighted by Crippen LogP contribution is 2.29. The molecule has 3 aromatic carbocycles. The molecule has 0 radical (unpaired) electrons. The minimum absolute atomic E-state index is 0.0115. The second kappa shape index (κ2) is 9.26. The number of benzene rings is 3. The number of carbonyl (C=O) groups is 4. The van der Waals surface area contributed by atoms with Crippen LogP contribution in [0.15, 0.2) is 77.7 Å². The molecule has 2 heterocycles. The van der Waals surface area contributed by atoms with Crippen LogP contribution in [-0.2, 0) is 10.0 Å². The number of piperazine rings is 1. The number of rotatable bonds is 5. The lowest BCUT2D eigenvalue weighted by Crippen LogP contribution is -2.50. The predicted molar refractivity (Wildman–Crippen MR) is 129 cm³/mol. The Balaban J connectivity index is 1.29. The maximum atomic E-state index is 13.2.